The number of benzene rings is 1. The van der Waals surface area contributed by atoms with E-state index in [1.54, 1.807) is 17.0 Å². The summed E-state index contributed by atoms with van der Waals surface area (Å²) in [6.07, 6.45) is 1.29. The fourth-order valence-electron chi connectivity index (χ4n) is 2.41. The molecule has 0 radical (unpaired) electrons. The van der Waals surface area contributed by atoms with E-state index < -0.39 is 0 Å². The number of aliphatic imine (C=N–C) groups is 2. The summed E-state index contributed by atoms with van der Waals surface area (Å²) in [6.45, 7) is 0.739. The van der Waals surface area contributed by atoms with E-state index in [0.29, 0.717) is 35.8 Å². The molecule has 1 fully saturated rings. The molecular weight excluding hydrogens is 288 g/mol. The van der Waals surface area contributed by atoms with E-state index in [0.717, 1.165) is 6.42 Å². The first kappa shape index (κ1) is 14.0. The van der Waals surface area contributed by atoms with E-state index in [1.165, 1.54) is 0 Å². The summed E-state index contributed by atoms with van der Waals surface area (Å²) in [5, 5.41) is 0. The SMILES string of the molecule is NC(N)=NC(N)=Nc1cc2c(cc1N1CCCC1=O)OCO2. The van der Waals surface area contributed by atoms with Gasteiger partial charge in [0, 0.05) is 25.1 Å². The van der Waals surface area contributed by atoms with Gasteiger partial charge in [0.25, 0.3) is 0 Å². The average Bonchev–Trinajstić information content (AvgIpc) is 3.04. The van der Waals surface area contributed by atoms with Crippen molar-refractivity contribution in [2.45, 2.75) is 12.8 Å². The second kappa shape index (κ2) is 5.43. The number of rotatable bonds is 2. The summed E-state index contributed by atoms with van der Waals surface area (Å²) in [4.78, 5) is 21.5. The minimum atomic E-state index is -0.194. The zero-order valence-corrected chi connectivity index (χ0v) is 11.8. The first-order chi connectivity index (χ1) is 10.5. The Morgan fingerprint density at radius 1 is 1.18 bits per heavy atom. The molecule has 0 unspecified atom stereocenters. The van der Waals surface area contributed by atoms with Crippen LogP contribution in [0.25, 0.3) is 0 Å². The van der Waals surface area contributed by atoms with Crippen molar-refractivity contribution in [3.63, 3.8) is 0 Å². The summed E-state index contributed by atoms with van der Waals surface area (Å²) in [5.74, 6) is 0.823. The van der Waals surface area contributed by atoms with Crippen molar-refractivity contribution in [2.24, 2.45) is 27.2 Å². The van der Waals surface area contributed by atoms with Crippen molar-refractivity contribution in [1.29, 1.82) is 0 Å². The normalized spacial score (nSPS) is 17.0. The van der Waals surface area contributed by atoms with Gasteiger partial charge < -0.3 is 31.6 Å². The van der Waals surface area contributed by atoms with Gasteiger partial charge in [-0.25, -0.2) is 4.99 Å². The number of ether oxygens (including phenoxy) is 2. The van der Waals surface area contributed by atoms with Crippen LogP contribution in [0.3, 0.4) is 0 Å². The fraction of sp³-hybridized carbons (Fsp3) is 0.308. The Morgan fingerprint density at radius 3 is 2.55 bits per heavy atom. The van der Waals surface area contributed by atoms with Gasteiger partial charge in [-0.3, -0.25) is 4.79 Å². The molecule has 116 valence electrons. The number of carbonyl (C=O) groups is 1. The highest BCUT2D eigenvalue weighted by Crippen LogP contribution is 2.43. The molecule has 2 aliphatic rings. The van der Waals surface area contributed by atoms with Crippen molar-refractivity contribution in [1.82, 2.24) is 0 Å². The zero-order chi connectivity index (χ0) is 15.7. The Kier molecular flexibility index (Phi) is 3.45. The van der Waals surface area contributed by atoms with Crippen LogP contribution in [0.2, 0.25) is 0 Å². The molecule has 1 amide bonds. The summed E-state index contributed by atoms with van der Waals surface area (Å²) in [7, 11) is 0. The van der Waals surface area contributed by atoms with E-state index in [1.807, 2.05) is 0 Å². The number of fused-ring (bicyclic) bond motifs is 1. The highest BCUT2D eigenvalue weighted by Gasteiger charge is 2.27. The lowest BCUT2D eigenvalue weighted by molar-refractivity contribution is -0.117. The van der Waals surface area contributed by atoms with Crippen LogP contribution in [0.5, 0.6) is 11.5 Å². The number of carbonyl (C=O) groups excluding carboxylic acids is 1. The quantitative estimate of drug-likeness (QED) is 0.508. The van der Waals surface area contributed by atoms with Gasteiger partial charge in [0.15, 0.2) is 17.5 Å². The van der Waals surface area contributed by atoms with Crippen molar-refractivity contribution >= 4 is 29.2 Å². The summed E-state index contributed by atoms with van der Waals surface area (Å²) in [5.41, 5.74) is 17.3. The molecule has 1 aromatic rings. The van der Waals surface area contributed by atoms with Crippen molar-refractivity contribution in [2.75, 3.05) is 18.2 Å². The largest absolute Gasteiger partial charge is 0.454 e. The number of nitrogens with zero attached hydrogens (tertiary/aromatic N) is 3. The topological polar surface area (TPSA) is 142 Å². The van der Waals surface area contributed by atoms with Crippen LogP contribution in [0.1, 0.15) is 12.8 Å². The maximum absolute atomic E-state index is 12.0. The third kappa shape index (κ3) is 2.60. The molecule has 9 nitrogen and oxygen atoms in total. The molecule has 2 aliphatic heterocycles. The molecule has 1 saturated heterocycles. The number of hydrogen-bond acceptors (Lipinski definition) is 4. The third-order valence-electron chi connectivity index (χ3n) is 3.31. The molecule has 6 N–H and O–H groups in total. The van der Waals surface area contributed by atoms with Gasteiger partial charge in [-0.2, -0.15) is 4.99 Å². The first-order valence-corrected chi connectivity index (χ1v) is 6.72. The lowest BCUT2D eigenvalue weighted by atomic mass is 10.2. The van der Waals surface area contributed by atoms with Crippen LogP contribution in [0, 0.1) is 0 Å². The number of hydrogen-bond donors (Lipinski definition) is 3. The van der Waals surface area contributed by atoms with Gasteiger partial charge in [-0.15, -0.1) is 0 Å². The average molecular weight is 304 g/mol. The van der Waals surface area contributed by atoms with E-state index in [9.17, 15) is 4.79 Å². The Morgan fingerprint density at radius 2 is 1.91 bits per heavy atom. The fourth-order valence-corrected chi connectivity index (χ4v) is 2.41. The third-order valence-corrected chi connectivity index (χ3v) is 3.31. The van der Waals surface area contributed by atoms with Crippen LogP contribution in [-0.2, 0) is 4.79 Å². The predicted octanol–water partition coefficient (Wildman–Crippen LogP) is -0.238. The van der Waals surface area contributed by atoms with Crippen molar-refractivity contribution in [3.05, 3.63) is 12.1 Å². The van der Waals surface area contributed by atoms with Crippen LogP contribution >= 0.6 is 0 Å². The molecule has 2 heterocycles. The van der Waals surface area contributed by atoms with Gasteiger partial charge in [-0.1, -0.05) is 0 Å². The number of anilines is 1. The molecule has 9 heteroatoms. The molecule has 0 aliphatic carbocycles. The number of guanidine groups is 2. The van der Waals surface area contributed by atoms with Gasteiger partial charge in [-0.05, 0) is 6.42 Å². The monoisotopic (exact) mass is 304 g/mol. The zero-order valence-electron chi connectivity index (χ0n) is 11.8. The van der Waals surface area contributed by atoms with E-state index >= 15 is 0 Å². The van der Waals surface area contributed by atoms with Crippen molar-refractivity contribution in [3.8, 4) is 11.5 Å². The van der Waals surface area contributed by atoms with Gasteiger partial charge >= 0.3 is 0 Å². The van der Waals surface area contributed by atoms with E-state index in [4.69, 9.17) is 26.7 Å². The molecule has 0 bridgehead atoms. The van der Waals surface area contributed by atoms with E-state index in [2.05, 4.69) is 9.98 Å². The van der Waals surface area contributed by atoms with Crippen molar-refractivity contribution < 1.29 is 14.3 Å². The lowest BCUT2D eigenvalue weighted by Crippen LogP contribution is -2.26. The summed E-state index contributed by atoms with van der Waals surface area (Å²) in [6, 6.07) is 3.37. The second-order valence-corrected chi connectivity index (χ2v) is 4.85. The predicted molar refractivity (Wildman–Crippen MR) is 81.2 cm³/mol. The summed E-state index contributed by atoms with van der Waals surface area (Å²) < 4.78 is 10.7. The summed E-state index contributed by atoms with van der Waals surface area (Å²) >= 11 is 0. The lowest BCUT2D eigenvalue weighted by Gasteiger charge is -2.18. The second-order valence-electron chi connectivity index (χ2n) is 4.85. The standard InChI is InChI=1S/C13H16N6O3/c14-12(15)18-13(16)17-7-4-9-10(22-6-21-9)5-8(7)19-3-1-2-11(19)20/h4-5H,1-3,6H2,(H6,14,15,16,17,18). The molecule has 0 spiro atoms. The molecule has 1 aromatic carbocycles. The Bertz CT molecular complexity index is 681. The Hall–Kier alpha value is -2.97. The highest BCUT2D eigenvalue weighted by molar-refractivity contribution is 6.00. The van der Waals surface area contributed by atoms with Gasteiger partial charge in [0.2, 0.25) is 18.7 Å². The Labute approximate surface area is 126 Å². The molecule has 0 aromatic heterocycles. The molecule has 0 saturated carbocycles. The van der Waals surface area contributed by atoms with Gasteiger partial charge in [0.05, 0.1) is 11.4 Å². The molecular formula is C13H16N6O3. The molecule has 0 atom stereocenters. The molecule has 3 rings (SSSR count). The van der Waals surface area contributed by atoms with Crippen LogP contribution in [0.4, 0.5) is 11.4 Å². The van der Waals surface area contributed by atoms with Crippen LogP contribution < -0.4 is 31.6 Å². The Balaban J connectivity index is 2.07. The van der Waals surface area contributed by atoms with Crippen LogP contribution in [-0.4, -0.2) is 31.2 Å². The maximum atomic E-state index is 12.0. The first-order valence-electron chi connectivity index (χ1n) is 6.72. The van der Waals surface area contributed by atoms with Crippen LogP contribution in [0.15, 0.2) is 22.1 Å². The molecule has 22 heavy (non-hydrogen) atoms. The highest BCUT2D eigenvalue weighted by atomic mass is 16.7. The maximum Gasteiger partial charge on any atom is 0.231 e. The van der Waals surface area contributed by atoms with Gasteiger partial charge in [0.1, 0.15) is 0 Å². The minimum Gasteiger partial charge on any atom is -0.454 e. The smallest absolute Gasteiger partial charge is 0.231 e. The number of amides is 1. The van der Waals surface area contributed by atoms with E-state index in [-0.39, 0.29) is 24.6 Å². The number of nitrogens with two attached hydrogens (primary N) is 3. The minimum absolute atomic E-state index is 0.0238.